The van der Waals surface area contributed by atoms with Gasteiger partial charge in [0.25, 0.3) is 11.5 Å². The van der Waals surface area contributed by atoms with Crippen molar-refractivity contribution < 1.29 is 4.79 Å². The van der Waals surface area contributed by atoms with E-state index in [9.17, 15) is 9.59 Å². The van der Waals surface area contributed by atoms with E-state index in [0.717, 1.165) is 0 Å². The summed E-state index contributed by atoms with van der Waals surface area (Å²) in [6.45, 7) is 1.93. The molecule has 1 amide bonds. The van der Waals surface area contributed by atoms with Crippen LogP contribution >= 0.6 is 11.6 Å². The highest BCUT2D eigenvalue weighted by atomic mass is 35.5. The Kier molecular flexibility index (Phi) is 5.04. The molecule has 132 valence electrons. The first kappa shape index (κ1) is 17.7. The number of rotatable bonds is 4. The molecule has 0 aliphatic rings. The van der Waals surface area contributed by atoms with E-state index in [4.69, 9.17) is 17.3 Å². The second kappa shape index (κ2) is 7.41. The van der Waals surface area contributed by atoms with Crippen LogP contribution < -0.4 is 16.6 Å². The van der Waals surface area contributed by atoms with E-state index >= 15 is 0 Å². The summed E-state index contributed by atoms with van der Waals surface area (Å²) in [5.41, 5.74) is 7.66. The lowest BCUT2D eigenvalue weighted by atomic mass is 10.1. The van der Waals surface area contributed by atoms with Gasteiger partial charge in [-0.1, -0.05) is 29.8 Å². The average Bonchev–Trinajstić information content (AvgIpc) is 2.61. The van der Waals surface area contributed by atoms with Crippen LogP contribution in [0, 0.1) is 6.92 Å². The maximum absolute atomic E-state index is 12.7. The smallest absolute Gasteiger partial charge is 0.259 e. The van der Waals surface area contributed by atoms with Gasteiger partial charge in [-0.25, -0.2) is 0 Å². The third-order valence-electron chi connectivity index (χ3n) is 4.00. The Hall–Kier alpha value is -3.12. The van der Waals surface area contributed by atoms with Crippen molar-refractivity contribution in [3.63, 3.8) is 0 Å². The molecule has 3 N–H and O–H groups in total. The number of pyridine rings is 2. The number of amides is 1. The largest absolute Gasteiger partial charge is 0.398 e. The van der Waals surface area contributed by atoms with Crippen LogP contribution in [-0.2, 0) is 6.54 Å². The summed E-state index contributed by atoms with van der Waals surface area (Å²) in [5.74, 6) is -0.428. The van der Waals surface area contributed by atoms with Crippen molar-refractivity contribution in [1.29, 1.82) is 0 Å². The van der Waals surface area contributed by atoms with Crippen LogP contribution in [0.1, 0.15) is 21.7 Å². The van der Waals surface area contributed by atoms with Gasteiger partial charge in [-0.2, -0.15) is 0 Å². The standard InChI is InChI=1S/C19H17ClN4O2/c1-12-18(19(26)23-16-8-3-2-7-14(16)20)15(21)10-17(25)24(12)11-13-6-4-5-9-22-13/h2-10H,11,21H2,1H3,(H,23,26). The van der Waals surface area contributed by atoms with Gasteiger partial charge >= 0.3 is 0 Å². The molecular weight excluding hydrogens is 352 g/mol. The van der Waals surface area contributed by atoms with Gasteiger partial charge in [0.2, 0.25) is 0 Å². The van der Waals surface area contributed by atoms with Gasteiger partial charge in [-0.3, -0.25) is 14.6 Å². The molecule has 3 rings (SSSR count). The fourth-order valence-electron chi connectivity index (χ4n) is 2.69. The van der Waals surface area contributed by atoms with Crippen LogP contribution in [0.15, 0.2) is 59.5 Å². The van der Waals surface area contributed by atoms with E-state index < -0.39 is 5.91 Å². The Labute approximate surface area is 155 Å². The minimum absolute atomic E-state index is 0.120. The zero-order chi connectivity index (χ0) is 18.7. The molecule has 2 aromatic heterocycles. The average molecular weight is 369 g/mol. The second-order valence-electron chi connectivity index (χ2n) is 5.74. The van der Waals surface area contributed by atoms with Crippen molar-refractivity contribution in [3.05, 3.63) is 87.1 Å². The maximum atomic E-state index is 12.7. The lowest BCUT2D eigenvalue weighted by Crippen LogP contribution is -2.28. The van der Waals surface area contributed by atoms with Crippen molar-refractivity contribution in [2.24, 2.45) is 0 Å². The predicted molar refractivity (Wildman–Crippen MR) is 103 cm³/mol. The third-order valence-corrected chi connectivity index (χ3v) is 4.33. The molecule has 0 unspecified atom stereocenters. The number of nitrogens with one attached hydrogen (secondary N) is 1. The first-order chi connectivity index (χ1) is 12.5. The number of aromatic nitrogens is 2. The third kappa shape index (κ3) is 3.60. The van der Waals surface area contributed by atoms with E-state index in [-0.39, 0.29) is 23.4 Å². The molecule has 0 atom stereocenters. The van der Waals surface area contributed by atoms with Gasteiger partial charge < -0.3 is 15.6 Å². The summed E-state index contributed by atoms with van der Waals surface area (Å²) in [6, 6.07) is 13.6. The topological polar surface area (TPSA) is 90.0 Å². The summed E-state index contributed by atoms with van der Waals surface area (Å²) in [6.07, 6.45) is 1.65. The van der Waals surface area contributed by atoms with Gasteiger partial charge in [0.15, 0.2) is 0 Å². The molecule has 7 heteroatoms. The fourth-order valence-corrected chi connectivity index (χ4v) is 2.87. The maximum Gasteiger partial charge on any atom is 0.259 e. The normalized spacial score (nSPS) is 10.5. The molecule has 26 heavy (non-hydrogen) atoms. The monoisotopic (exact) mass is 368 g/mol. The van der Waals surface area contributed by atoms with Crippen molar-refractivity contribution in [1.82, 2.24) is 9.55 Å². The molecule has 0 radical (unpaired) electrons. The molecule has 0 saturated carbocycles. The van der Waals surface area contributed by atoms with Gasteiger partial charge in [0.05, 0.1) is 34.2 Å². The molecule has 0 saturated heterocycles. The molecule has 3 aromatic rings. The first-order valence-electron chi connectivity index (χ1n) is 7.93. The van der Waals surface area contributed by atoms with E-state index in [1.807, 2.05) is 12.1 Å². The Morgan fingerprint density at radius 3 is 2.65 bits per heavy atom. The Morgan fingerprint density at radius 2 is 1.96 bits per heavy atom. The fraction of sp³-hybridized carbons (Fsp3) is 0.105. The van der Waals surface area contributed by atoms with Crippen molar-refractivity contribution in [2.75, 3.05) is 11.1 Å². The minimum Gasteiger partial charge on any atom is -0.398 e. The first-order valence-corrected chi connectivity index (χ1v) is 8.31. The minimum atomic E-state index is -0.428. The summed E-state index contributed by atoms with van der Waals surface area (Å²) in [5, 5.41) is 3.15. The predicted octanol–water partition coefficient (Wildman–Crippen LogP) is 3.09. The summed E-state index contributed by atoms with van der Waals surface area (Å²) in [4.78, 5) is 29.3. The van der Waals surface area contributed by atoms with E-state index in [0.29, 0.717) is 22.1 Å². The second-order valence-corrected chi connectivity index (χ2v) is 6.15. The van der Waals surface area contributed by atoms with Crippen molar-refractivity contribution in [3.8, 4) is 0 Å². The van der Waals surface area contributed by atoms with Crippen LogP contribution in [0.4, 0.5) is 11.4 Å². The highest BCUT2D eigenvalue weighted by Gasteiger charge is 2.18. The molecule has 2 heterocycles. The number of carbonyl (C=O) groups excluding carboxylic acids is 1. The number of nitrogens with two attached hydrogens (primary N) is 1. The number of carbonyl (C=O) groups is 1. The Morgan fingerprint density at radius 1 is 1.23 bits per heavy atom. The molecule has 0 fully saturated rings. The number of benzene rings is 1. The number of hydrogen-bond acceptors (Lipinski definition) is 4. The quantitative estimate of drug-likeness (QED) is 0.740. The van der Waals surface area contributed by atoms with Gasteiger partial charge in [0, 0.05) is 18.0 Å². The molecule has 0 bridgehead atoms. The molecule has 0 aliphatic carbocycles. The van der Waals surface area contributed by atoms with Crippen LogP contribution in [0.3, 0.4) is 0 Å². The number of nitrogens with zero attached hydrogens (tertiary/aromatic N) is 2. The molecule has 0 spiro atoms. The molecule has 1 aromatic carbocycles. The number of halogens is 1. The molecular formula is C19H17ClN4O2. The Bertz CT molecular complexity index is 1020. The summed E-state index contributed by atoms with van der Waals surface area (Å²) >= 11 is 6.09. The lowest BCUT2D eigenvalue weighted by molar-refractivity contribution is 0.102. The zero-order valence-corrected chi connectivity index (χ0v) is 14.8. The Balaban J connectivity index is 1.99. The van der Waals surface area contributed by atoms with Gasteiger partial charge in [-0.05, 0) is 31.2 Å². The van der Waals surface area contributed by atoms with Gasteiger partial charge in [0.1, 0.15) is 0 Å². The summed E-state index contributed by atoms with van der Waals surface area (Å²) < 4.78 is 1.47. The number of nitrogen functional groups attached to an aromatic ring is 1. The van der Waals surface area contributed by atoms with E-state index in [1.165, 1.54) is 10.6 Å². The highest BCUT2D eigenvalue weighted by molar-refractivity contribution is 6.34. The summed E-state index contributed by atoms with van der Waals surface area (Å²) in [7, 11) is 0. The molecule has 6 nitrogen and oxygen atoms in total. The number of para-hydroxylation sites is 1. The van der Waals surface area contributed by atoms with E-state index in [2.05, 4.69) is 10.3 Å². The van der Waals surface area contributed by atoms with Crippen LogP contribution in [0.25, 0.3) is 0 Å². The van der Waals surface area contributed by atoms with Crippen LogP contribution in [-0.4, -0.2) is 15.5 Å². The number of anilines is 2. The SMILES string of the molecule is Cc1c(C(=O)Nc2ccccc2Cl)c(N)cc(=O)n1Cc1ccccn1. The van der Waals surface area contributed by atoms with Crippen molar-refractivity contribution in [2.45, 2.75) is 13.5 Å². The lowest BCUT2D eigenvalue weighted by Gasteiger charge is -2.16. The zero-order valence-electron chi connectivity index (χ0n) is 14.1. The van der Waals surface area contributed by atoms with Gasteiger partial charge in [-0.15, -0.1) is 0 Å². The van der Waals surface area contributed by atoms with Crippen molar-refractivity contribution >= 4 is 28.9 Å². The van der Waals surface area contributed by atoms with Crippen LogP contribution in [0.5, 0.6) is 0 Å². The van der Waals surface area contributed by atoms with E-state index in [1.54, 1.807) is 43.5 Å². The highest BCUT2D eigenvalue weighted by Crippen LogP contribution is 2.23. The van der Waals surface area contributed by atoms with Crippen LogP contribution in [0.2, 0.25) is 5.02 Å². The molecule has 0 aliphatic heterocycles. The number of hydrogen-bond donors (Lipinski definition) is 2.